The Morgan fingerprint density at radius 2 is 1.68 bits per heavy atom. The predicted octanol–water partition coefficient (Wildman–Crippen LogP) is 4.81. The van der Waals surface area contributed by atoms with Crippen molar-refractivity contribution in [2.75, 3.05) is 16.8 Å². The van der Waals surface area contributed by atoms with E-state index in [2.05, 4.69) is 38.2 Å². The molecule has 3 heteroatoms. The molecule has 122 valence electrons. The number of aryl methyl sites for hydroxylation is 2. The molecule has 1 heterocycles. The van der Waals surface area contributed by atoms with E-state index < -0.39 is 5.54 Å². The molecule has 0 unspecified atom stereocenters. The number of carbonyl (C=O) groups excluding carboxylic acids is 1. The molecule has 0 saturated carbocycles. The molecule has 0 spiro atoms. The first kappa shape index (κ1) is 16.9. The Morgan fingerprint density at radius 1 is 1.05 bits per heavy atom. The second-order valence-corrected chi connectivity index (χ2v) is 7.07. The van der Waals surface area contributed by atoms with Crippen LogP contribution in [0.5, 0.6) is 0 Å². The molecule has 3 nitrogen and oxygen atoms in total. The average molecular weight is 302 g/mol. The third kappa shape index (κ3) is 3.45. The molecule has 1 aliphatic rings. The molecule has 0 saturated heterocycles. The molecule has 1 aromatic rings. The van der Waals surface area contributed by atoms with Gasteiger partial charge in [-0.05, 0) is 57.4 Å². The van der Waals surface area contributed by atoms with Crippen LogP contribution < -0.4 is 10.2 Å². The largest absolute Gasteiger partial charge is 0.370 e. The number of nitrogens with zero attached hydrogens (tertiary/aromatic N) is 1. The highest BCUT2D eigenvalue weighted by atomic mass is 16.2. The molecule has 1 amide bonds. The Labute approximate surface area is 135 Å². The van der Waals surface area contributed by atoms with Crippen LogP contribution in [0.4, 0.5) is 11.4 Å². The summed E-state index contributed by atoms with van der Waals surface area (Å²) in [6.07, 6.45) is 6.08. The zero-order valence-electron chi connectivity index (χ0n) is 14.8. The summed E-state index contributed by atoms with van der Waals surface area (Å²) in [5, 5.41) is 3.40. The van der Waals surface area contributed by atoms with Crippen molar-refractivity contribution >= 4 is 17.3 Å². The molecule has 0 bridgehead atoms. The summed E-state index contributed by atoms with van der Waals surface area (Å²) < 4.78 is 0. The van der Waals surface area contributed by atoms with Crippen molar-refractivity contribution in [1.29, 1.82) is 0 Å². The molecule has 1 aliphatic heterocycles. The number of nitrogens with one attached hydrogen (secondary N) is 1. The highest BCUT2D eigenvalue weighted by molar-refractivity contribution is 6.07. The van der Waals surface area contributed by atoms with Crippen LogP contribution in [0.2, 0.25) is 0 Å². The number of hydrogen-bond acceptors (Lipinski definition) is 2. The van der Waals surface area contributed by atoms with Gasteiger partial charge in [0.25, 0.3) is 5.91 Å². The molecule has 0 atom stereocenters. The van der Waals surface area contributed by atoms with Crippen LogP contribution in [0.25, 0.3) is 0 Å². The van der Waals surface area contributed by atoms with Crippen molar-refractivity contribution in [3.63, 3.8) is 0 Å². The van der Waals surface area contributed by atoms with E-state index >= 15 is 0 Å². The van der Waals surface area contributed by atoms with Gasteiger partial charge in [-0.3, -0.25) is 4.79 Å². The second-order valence-electron chi connectivity index (χ2n) is 7.07. The monoisotopic (exact) mass is 302 g/mol. The maximum Gasteiger partial charge on any atom is 0.252 e. The lowest BCUT2D eigenvalue weighted by Crippen LogP contribution is -2.54. The molecular formula is C19H30N2O. The Bertz CT molecular complexity index is 549. The van der Waals surface area contributed by atoms with Crippen LogP contribution in [0.3, 0.4) is 0 Å². The van der Waals surface area contributed by atoms with Crippen molar-refractivity contribution in [3.05, 3.63) is 23.3 Å². The lowest BCUT2D eigenvalue weighted by Gasteiger charge is -2.40. The minimum Gasteiger partial charge on any atom is -0.370 e. The summed E-state index contributed by atoms with van der Waals surface area (Å²) in [5.74, 6) is 0.179. The Balaban J connectivity index is 2.20. The van der Waals surface area contributed by atoms with Gasteiger partial charge < -0.3 is 10.2 Å². The first-order valence-corrected chi connectivity index (χ1v) is 8.58. The standard InChI is InChI=1S/C19H30N2O/c1-6-7-8-9-10-11-21-17-13-15(3)14(2)12-16(17)20-19(4,5)18(21)22/h12-13,20H,6-11H2,1-5H3. The van der Waals surface area contributed by atoms with Crippen LogP contribution in [-0.4, -0.2) is 18.0 Å². The first-order valence-electron chi connectivity index (χ1n) is 8.58. The Morgan fingerprint density at radius 3 is 2.36 bits per heavy atom. The van der Waals surface area contributed by atoms with Gasteiger partial charge in [-0.25, -0.2) is 0 Å². The summed E-state index contributed by atoms with van der Waals surface area (Å²) >= 11 is 0. The van der Waals surface area contributed by atoms with Gasteiger partial charge in [0.1, 0.15) is 5.54 Å². The van der Waals surface area contributed by atoms with Crippen molar-refractivity contribution in [2.24, 2.45) is 0 Å². The summed E-state index contributed by atoms with van der Waals surface area (Å²) in [6, 6.07) is 4.32. The van der Waals surface area contributed by atoms with Crippen LogP contribution in [0.15, 0.2) is 12.1 Å². The van der Waals surface area contributed by atoms with E-state index in [1.165, 1.54) is 36.8 Å². The number of amides is 1. The molecule has 0 aliphatic carbocycles. The number of anilines is 2. The normalized spacial score (nSPS) is 16.4. The third-order valence-electron chi connectivity index (χ3n) is 4.62. The number of unbranched alkanes of at least 4 members (excludes halogenated alkanes) is 4. The van der Waals surface area contributed by atoms with Gasteiger partial charge in [0, 0.05) is 6.54 Å². The quantitative estimate of drug-likeness (QED) is 0.765. The SMILES string of the molecule is CCCCCCCN1C(=O)C(C)(C)Nc2cc(C)c(C)cc21. The van der Waals surface area contributed by atoms with Crippen molar-refractivity contribution in [2.45, 2.75) is 72.3 Å². The highest BCUT2D eigenvalue weighted by Crippen LogP contribution is 2.37. The Kier molecular flexibility index (Phi) is 5.15. The number of hydrogen-bond donors (Lipinski definition) is 1. The molecule has 2 rings (SSSR count). The molecule has 1 aromatic carbocycles. The van der Waals surface area contributed by atoms with Gasteiger partial charge in [-0.2, -0.15) is 0 Å². The molecular weight excluding hydrogens is 272 g/mol. The lowest BCUT2D eigenvalue weighted by molar-refractivity contribution is -0.122. The number of fused-ring (bicyclic) bond motifs is 1. The maximum atomic E-state index is 12.8. The number of carbonyl (C=O) groups is 1. The van der Waals surface area contributed by atoms with Gasteiger partial charge in [-0.1, -0.05) is 32.6 Å². The predicted molar refractivity (Wildman–Crippen MR) is 94.7 cm³/mol. The summed E-state index contributed by atoms with van der Waals surface area (Å²) in [7, 11) is 0. The third-order valence-corrected chi connectivity index (χ3v) is 4.62. The highest BCUT2D eigenvalue weighted by Gasteiger charge is 2.38. The fraction of sp³-hybridized carbons (Fsp3) is 0.632. The van der Waals surface area contributed by atoms with Gasteiger partial charge >= 0.3 is 0 Å². The van der Waals surface area contributed by atoms with E-state index in [4.69, 9.17) is 0 Å². The number of benzene rings is 1. The van der Waals surface area contributed by atoms with Crippen molar-refractivity contribution < 1.29 is 4.79 Å². The van der Waals surface area contributed by atoms with E-state index in [1.54, 1.807) is 0 Å². The molecule has 22 heavy (non-hydrogen) atoms. The molecule has 0 radical (unpaired) electrons. The minimum atomic E-state index is -0.530. The summed E-state index contributed by atoms with van der Waals surface area (Å²) in [5.41, 5.74) is 4.10. The Hall–Kier alpha value is -1.51. The van der Waals surface area contributed by atoms with Crippen molar-refractivity contribution in [1.82, 2.24) is 0 Å². The lowest BCUT2D eigenvalue weighted by atomic mass is 9.95. The van der Waals surface area contributed by atoms with Crippen LogP contribution in [-0.2, 0) is 4.79 Å². The molecule has 0 fully saturated rings. The zero-order valence-corrected chi connectivity index (χ0v) is 14.8. The van der Waals surface area contributed by atoms with Crippen molar-refractivity contribution in [3.8, 4) is 0 Å². The van der Waals surface area contributed by atoms with Gasteiger partial charge in [0.05, 0.1) is 11.4 Å². The van der Waals surface area contributed by atoms with E-state index in [0.29, 0.717) is 0 Å². The van der Waals surface area contributed by atoms with E-state index in [-0.39, 0.29) is 5.91 Å². The van der Waals surface area contributed by atoms with Gasteiger partial charge in [0.15, 0.2) is 0 Å². The fourth-order valence-corrected chi connectivity index (χ4v) is 3.06. The number of rotatable bonds is 6. The van der Waals surface area contributed by atoms with Gasteiger partial charge in [-0.15, -0.1) is 0 Å². The topological polar surface area (TPSA) is 32.3 Å². The average Bonchev–Trinajstić information content (AvgIpc) is 2.45. The molecule has 1 N–H and O–H groups in total. The maximum absolute atomic E-state index is 12.8. The summed E-state index contributed by atoms with van der Waals surface area (Å²) in [4.78, 5) is 14.8. The minimum absolute atomic E-state index is 0.179. The van der Waals surface area contributed by atoms with Crippen LogP contribution >= 0.6 is 0 Å². The summed E-state index contributed by atoms with van der Waals surface area (Å²) in [6.45, 7) is 11.2. The molecule has 0 aromatic heterocycles. The smallest absolute Gasteiger partial charge is 0.252 e. The van der Waals surface area contributed by atoms with Gasteiger partial charge in [0.2, 0.25) is 0 Å². The van der Waals surface area contributed by atoms with Crippen LogP contribution in [0.1, 0.15) is 64.0 Å². The van der Waals surface area contributed by atoms with Crippen LogP contribution in [0, 0.1) is 13.8 Å². The van der Waals surface area contributed by atoms with E-state index in [1.807, 2.05) is 18.7 Å². The first-order chi connectivity index (χ1) is 10.4. The van der Waals surface area contributed by atoms with E-state index in [0.717, 1.165) is 24.3 Å². The zero-order chi connectivity index (χ0) is 16.3. The second kappa shape index (κ2) is 6.72. The van der Waals surface area contributed by atoms with E-state index in [9.17, 15) is 4.79 Å². The fourth-order valence-electron chi connectivity index (χ4n) is 3.06.